The Morgan fingerprint density at radius 3 is 2.96 bits per heavy atom. The lowest BCUT2D eigenvalue weighted by molar-refractivity contribution is 0.614. The second-order valence-corrected chi connectivity index (χ2v) is 6.01. The molecular weight excluding hydrogens is 337 g/mol. The van der Waals surface area contributed by atoms with Gasteiger partial charge in [-0.1, -0.05) is 11.6 Å². The van der Waals surface area contributed by atoms with Crippen LogP contribution < -0.4 is 0 Å². The lowest BCUT2D eigenvalue weighted by Crippen LogP contribution is -2.02. The predicted octanol–water partition coefficient (Wildman–Crippen LogP) is 3.63. The summed E-state index contributed by atoms with van der Waals surface area (Å²) >= 11 is 7.38. The van der Waals surface area contributed by atoms with E-state index < -0.39 is 5.82 Å². The van der Waals surface area contributed by atoms with Gasteiger partial charge in [0.15, 0.2) is 22.4 Å². The van der Waals surface area contributed by atoms with Gasteiger partial charge in [-0.15, -0.1) is 0 Å². The Hall–Kier alpha value is -2.38. The van der Waals surface area contributed by atoms with Crippen molar-refractivity contribution in [2.45, 2.75) is 6.42 Å². The molecule has 23 heavy (non-hydrogen) atoms. The molecule has 0 amide bonds. The highest BCUT2D eigenvalue weighted by molar-refractivity contribution is 7.07. The highest BCUT2D eigenvalue weighted by Crippen LogP contribution is 2.21. The summed E-state index contributed by atoms with van der Waals surface area (Å²) in [4.78, 5) is 16.9. The molecule has 0 atom stereocenters. The fourth-order valence-electron chi connectivity index (χ4n) is 2.28. The van der Waals surface area contributed by atoms with Gasteiger partial charge in [0.2, 0.25) is 0 Å². The summed E-state index contributed by atoms with van der Waals surface area (Å²) in [5, 5.41) is 3.87. The van der Waals surface area contributed by atoms with E-state index >= 15 is 0 Å². The molecule has 0 aromatic carbocycles. The smallest absolute Gasteiger partial charge is 0.181 e. The van der Waals surface area contributed by atoms with Gasteiger partial charge in [0.1, 0.15) is 5.69 Å². The molecule has 0 saturated carbocycles. The van der Waals surface area contributed by atoms with Gasteiger partial charge >= 0.3 is 0 Å². The summed E-state index contributed by atoms with van der Waals surface area (Å²) in [6, 6.07) is 2.05. The van der Waals surface area contributed by atoms with Crippen LogP contribution in [-0.4, -0.2) is 24.3 Å². The van der Waals surface area contributed by atoms with E-state index in [1.54, 1.807) is 23.7 Å². The van der Waals surface area contributed by atoms with Crippen molar-refractivity contribution in [2.75, 3.05) is 0 Å². The van der Waals surface area contributed by atoms with Crippen LogP contribution in [0.25, 0.3) is 17.2 Å². The molecule has 4 aromatic heterocycles. The molecule has 0 unspecified atom stereocenters. The van der Waals surface area contributed by atoms with Crippen molar-refractivity contribution >= 4 is 28.6 Å². The van der Waals surface area contributed by atoms with Gasteiger partial charge in [0.05, 0.1) is 11.9 Å². The third-order valence-corrected chi connectivity index (χ3v) is 4.32. The van der Waals surface area contributed by atoms with Gasteiger partial charge in [-0.2, -0.15) is 11.3 Å². The number of imidazole rings is 1. The zero-order valence-electron chi connectivity index (χ0n) is 11.6. The second kappa shape index (κ2) is 5.68. The average Bonchev–Trinajstić information content (AvgIpc) is 3.21. The quantitative estimate of drug-likeness (QED) is 0.532. The third kappa shape index (κ3) is 2.69. The van der Waals surface area contributed by atoms with E-state index in [1.807, 2.05) is 22.0 Å². The normalized spacial score (nSPS) is 11.2. The number of rotatable bonds is 3. The summed E-state index contributed by atoms with van der Waals surface area (Å²) in [6.07, 6.45) is 6.97. The van der Waals surface area contributed by atoms with Crippen LogP contribution in [0.4, 0.5) is 4.39 Å². The van der Waals surface area contributed by atoms with Crippen LogP contribution in [-0.2, 0) is 6.42 Å². The maximum atomic E-state index is 13.3. The third-order valence-electron chi connectivity index (χ3n) is 3.33. The number of hydrogen-bond donors (Lipinski definition) is 0. The lowest BCUT2D eigenvalue weighted by atomic mass is 10.2. The van der Waals surface area contributed by atoms with E-state index in [-0.39, 0.29) is 11.0 Å². The number of fused-ring (bicyclic) bond motifs is 1. The predicted molar refractivity (Wildman–Crippen MR) is 86.1 cm³/mol. The topological polar surface area (TPSA) is 56.0 Å². The largest absolute Gasteiger partial charge is 0.303 e. The molecule has 0 saturated heterocycles. The molecule has 5 nitrogen and oxygen atoms in total. The van der Waals surface area contributed by atoms with Crippen LogP contribution in [0.2, 0.25) is 5.15 Å². The van der Waals surface area contributed by atoms with E-state index in [0.29, 0.717) is 12.1 Å². The highest BCUT2D eigenvalue weighted by Gasteiger charge is 2.13. The molecule has 8 heteroatoms. The van der Waals surface area contributed by atoms with Crippen LogP contribution in [0, 0.1) is 5.82 Å². The fourth-order valence-corrected chi connectivity index (χ4v) is 3.08. The molecule has 0 aliphatic heterocycles. The zero-order valence-corrected chi connectivity index (χ0v) is 13.2. The Morgan fingerprint density at radius 1 is 1.26 bits per heavy atom. The van der Waals surface area contributed by atoms with Crippen LogP contribution >= 0.6 is 22.9 Å². The number of halogens is 2. The first-order valence-electron chi connectivity index (χ1n) is 6.73. The number of aromatic nitrogens is 5. The zero-order chi connectivity index (χ0) is 15.8. The molecule has 0 fully saturated rings. The Kier molecular flexibility index (Phi) is 3.51. The summed E-state index contributed by atoms with van der Waals surface area (Å²) < 4.78 is 15.1. The van der Waals surface area contributed by atoms with Gasteiger partial charge in [0.25, 0.3) is 0 Å². The number of nitrogens with zero attached hydrogens (tertiary/aromatic N) is 5. The Bertz CT molecular complexity index is 983. The van der Waals surface area contributed by atoms with Crippen LogP contribution in [0.5, 0.6) is 0 Å². The summed E-state index contributed by atoms with van der Waals surface area (Å²) in [5.74, 6) is -0.379. The van der Waals surface area contributed by atoms with Crippen molar-refractivity contribution in [1.82, 2.24) is 24.3 Å². The standard InChI is InChI=1S/C15H9ClFN5S/c16-13-10(17)6-19-14(21-13)12-7-22-3-2-18-15(22)11(20-12)5-9-1-4-23-8-9/h1-4,6-8H,5H2. The molecule has 0 bridgehead atoms. The first-order valence-corrected chi connectivity index (χ1v) is 8.05. The second-order valence-electron chi connectivity index (χ2n) is 4.87. The molecule has 114 valence electrons. The molecule has 0 N–H and O–H groups in total. The van der Waals surface area contributed by atoms with Crippen LogP contribution in [0.3, 0.4) is 0 Å². The van der Waals surface area contributed by atoms with Gasteiger partial charge in [-0.25, -0.2) is 24.3 Å². The van der Waals surface area contributed by atoms with Crippen molar-refractivity contribution in [3.63, 3.8) is 0 Å². The monoisotopic (exact) mass is 345 g/mol. The Morgan fingerprint density at radius 2 is 2.17 bits per heavy atom. The summed E-state index contributed by atoms with van der Waals surface area (Å²) in [5.41, 5.74) is 3.24. The first-order chi connectivity index (χ1) is 11.2. The van der Waals surface area contributed by atoms with E-state index in [2.05, 4.69) is 25.3 Å². The van der Waals surface area contributed by atoms with Crippen molar-refractivity contribution in [3.05, 3.63) is 63.8 Å². The van der Waals surface area contributed by atoms with Crippen molar-refractivity contribution in [1.29, 1.82) is 0 Å². The minimum absolute atomic E-state index is 0.220. The van der Waals surface area contributed by atoms with Crippen LogP contribution in [0.15, 0.2) is 41.6 Å². The van der Waals surface area contributed by atoms with E-state index in [1.165, 1.54) is 0 Å². The average molecular weight is 346 g/mol. The van der Waals surface area contributed by atoms with E-state index in [4.69, 9.17) is 11.6 Å². The molecule has 4 aromatic rings. The van der Waals surface area contributed by atoms with Gasteiger partial charge < -0.3 is 4.40 Å². The van der Waals surface area contributed by atoms with Gasteiger partial charge in [-0.05, 0) is 22.4 Å². The van der Waals surface area contributed by atoms with Gasteiger partial charge in [-0.3, -0.25) is 0 Å². The summed E-state index contributed by atoms with van der Waals surface area (Å²) in [7, 11) is 0. The van der Waals surface area contributed by atoms with Crippen molar-refractivity contribution < 1.29 is 4.39 Å². The first kappa shape index (κ1) is 14.2. The lowest BCUT2D eigenvalue weighted by Gasteiger charge is -2.06. The maximum absolute atomic E-state index is 13.3. The van der Waals surface area contributed by atoms with E-state index in [9.17, 15) is 4.39 Å². The molecule has 4 rings (SSSR count). The SMILES string of the molecule is Fc1cnc(-c2cn3ccnc3c(Cc3ccsc3)n2)nc1Cl. The van der Waals surface area contributed by atoms with E-state index in [0.717, 1.165) is 23.1 Å². The van der Waals surface area contributed by atoms with Crippen molar-refractivity contribution in [3.8, 4) is 11.5 Å². The van der Waals surface area contributed by atoms with Gasteiger partial charge in [0, 0.05) is 25.0 Å². The van der Waals surface area contributed by atoms with Crippen molar-refractivity contribution in [2.24, 2.45) is 0 Å². The minimum Gasteiger partial charge on any atom is -0.303 e. The molecular formula is C15H9ClFN5S. The Balaban J connectivity index is 1.85. The Labute approximate surface area is 139 Å². The molecule has 0 aliphatic carbocycles. The molecule has 0 aliphatic rings. The summed E-state index contributed by atoms with van der Waals surface area (Å²) in [6.45, 7) is 0. The molecule has 0 radical (unpaired) electrons. The number of hydrogen-bond acceptors (Lipinski definition) is 5. The molecule has 0 spiro atoms. The maximum Gasteiger partial charge on any atom is 0.181 e. The number of thiophene rings is 1. The molecule has 4 heterocycles. The fraction of sp³-hybridized carbons (Fsp3) is 0.0667. The highest BCUT2D eigenvalue weighted by atomic mass is 35.5. The minimum atomic E-state index is -0.655. The van der Waals surface area contributed by atoms with Crippen LogP contribution in [0.1, 0.15) is 11.3 Å².